The molecule has 1 N–H and O–H groups in total. The Kier molecular flexibility index (Phi) is 5.62. The first-order valence-corrected chi connectivity index (χ1v) is 8.04. The molecule has 0 saturated carbocycles. The molecule has 18 heavy (non-hydrogen) atoms. The SMILES string of the molecule is CCCn1cc(S(=O)(=O)NC(C)CCCl)nc1C. The Labute approximate surface area is 114 Å². The second-order valence-electron chi connectivity index (χ2n) is 4.32. The minimum absolute atomic E-state index is 0.0786. The maximum atomic E-state index is 12.1. The number of hydrogen-bond acceptors (Lipinski definition) is 3. The van der Waals surface area contributed by atoms with Crippen molar-refractivity contribution in [1.29, 1.82) is 0 Å². The van der Waals surface area contributed by atoms with E-state index < -0.39 is 10.0 Å². The third-order valence-corrected chi connectivity index (χ3v) is 4.27. The van der Waals surface area contributed by atoms with Gasteiger partial charge in [-0.3, -0.25) is 0 Å². The highest BCUT2D eigenvalue weighted by atomic mass is 35.5. The van der Waals surface area contributed by atoms with Crippen LogP contribution in [0.2, 0.25) is 0 Å². The molecule has 7 heteroatoms. The van der Waals surface area contributed by atoms with Crippen molar-refractivity contribution in [2.24, 2.45) is 0 Å². The topological polar surface area (TPSA) is 64.0 Å². The molecule has 0 fully saturated rings. The minimum Gasteiger partial charge on any atom is -0.334 e. The van der Waals surface area contributed by atoms with Gasteiger partial charge in [-0.1, -0.05) is 6.92 Å². The van der Waals surface area contributed by atoms with Gasteiger partial charge in [0.15, 0.2) is 5.03 Å². The maximum absolute atomic E-state index is 12.1. The highest BCUT2D eigenvalue weighted by Crippen LogP contribution is 2.11. The molecule has 1 heterocycles. The third kappa shape index (κ3) is 3.96. The molecule has 0 bridgehead atoms. The molecule has 1 aromatic rings. The Hall–Kier alpha value is -0.590. The molecular formula is C11H20ClN3O2S. The summed E-state index contributed by atoms with van der Waals surface area (Å²) in [6.45, 7) is 6.40. The van der Waals surface area contributed by atoms with E-state index in [1.165, 1.54) is 0 Å². The lowest BCUT2D eigenvalue weighted by Gasteiger charge is -2.10. The Bertz CT molecular complexity index is 484. The maximum Gasteiger partial charge on any atom is 0.259 e. The molecule has 104 valence electrons. The number of imidazole rings is 1. The van der Waals surface area contributed by atoms with Gasteiger partial charge in [0.05, 0.1) is 0 Å². The highest BCUT2D eigenvalue weighted by molar-refractivity contribution is 7.89. The van der Waals surface area contributed by atoms with Crippen molar-refractivity contribution in [2.45, 2.75) is 51.2 Å². The summed E-state index contributed by atoms with van der Waals surface area (Å²) in [7, 11) is -3.54. The van der Waals surface area contributed by atoms with Gasteiger partial charge < -0.3 is 4.57 Å². The van der Waals surface area contributed by atoms with Crippen LogP contribution in [0.1, 0.15) is 32.5 Å². The summed E-state index contributed by atoms with van der Waals surface area (Å²) in [4.78, 5) is 4.09. The van der Waals surface area contributed by atoms with E-state index in [1.807, 2.05) is 11.5 Å². The lowest BCUT2D eigenvalue weighted by Crippen LogP contribution is -2.33. The Balaban J connectivity index is 2.88. The van der Waals surface area contributed by atoms with Gasteiger partial charge in [0.25, 0.3) is 10.0 Å². The van der Waals surface area contributed by atoms with Crippen LogP contribution in [-0.2, 0) is 16.6 Å². The number of nitrogens with one attached hydrogen (secondary N) is 1. The Morgan fingerprint density at radius 1 is 1.56 bits per heavy atom. The molecule has 1 unspecified atom stereocenters. The summed E-state index contributed by atoms with van der Waals surface area (Å²) in [5.41, 5.74) is 0. The lowest BCUT2D eigenvalue weighted by molar-refractivity contribution is 0.553. The van der Waals surface area contributed by atoms with Gasteiger partial charge in [-0.15, -0.1) is 11.6 Å². The summed E-state index contributed by atoms with van der Waals surface area (Å²) in [5, 5.41) is 0.0786. The van der Waals surface area contributed by atoms with Gasteiger partial charge in [-0.2, -0.15) is 0 Å². The number of aryl methyl sites for hydroxylation is 2. The molecule has 0 aromatic carbocycles. The van der Waals surface area contributed by atoms with Crippen LogP contribution < -0.4 is 4.72 Å². The minimum atomic E-state index is -3.54. The van der Waals surface area contributed by atoms with Gasteiger partial charge in [0.1, 0.15) is 5.82 Å². The van der Waals surface area contributed by atoms with Gasteiger partial charge in [-0.05, 0) is 26.7 Å². The zero-order valence-corrected chi connectivity index (χ0v) is 12.6. The van der Waals surface area contributed by atoms with Crippen molar-refractivity contribution >= 4 is 21.6 Å². The summed E-state index contributed by atoms with van der Waals surface area (Å²) < 4.78 is 28.5. The van der Waals surface area contributed by atoms with Gasteiger partial charge in [0.2, 0.25) is 0 Å². The molecule has 0 amide bonds. The summed E-state index contributed by atoms with van der Waals surface area (Å²) in [5.74, 6) is 1.13. The van der Waals surface area contributed by atoms with E-state index in [9.17, 15) is 8.42 Å². The molecule has 0 radical (unpaired) electrons. The van der Waals surface area contributed by atoms with Crippen LogP contribution in [0.3, 0.4) is 0 Å². The van der Waals surface area contributed by atoms with Crippen molar-refractivity contribution in [3.63, 3.8) is 0 Å². The predicted molar refractivity (Wildman–Crippen MR) is 72.4 cm³/mol. The van der Waals surface area contributed by atoms with E-state index in [2.05, 4.69) is 9.71 Å². The average molecular weight is 294 g/mol. The summed E-state index contributed by atoms with van der Waals surface area (Å²) in [6.07, 6.45) is 3.11. The first-order chi connectivity index (χ1) is 8.40. The van der Waals surface area contributed by atoms with E-state index in [0.29, 0.717) is 18.1 Å². The Morgan fingerprint density at radius 2 is 2.22 bits per heavy atom. The smallest absolute Gasteiger partial charge is 0.259 e. The fourth-order valence-electron chi connectivity index (χ4n) is 1.62. The van der Waals surface area contributed by atoms with Gasteiger partial charge >= 0.3 is 0 Å². The molecule has 0 saturated heterocycles. The van der Waals surface area contributed by atoms with Crippen molar-refractivity contribution in [3.8, 4) is 0 Å². The lowest BCUT2D eigenvalue weighted by atomic mass is 10.3. The van der Waals surface area contributed by atoms with Crippen LogP contribution in [0, 0.1) is 6.92 Å². The van der Waals surface area contributed by atoms with E-state index in [0.717, 1.165) is 13.0 Å². The van der Waals surface area contributed by atoms with Gasteiger partial charge in [0, 0.05) is 24.7 Å². The number of alkyl halides is 1. The number of aromatic nitrogens is 2. The largest absolute Gasteiger partial charge is 0.334 e. The van der Waals surface area contributed by atoms with Crippen LogP contribution in [0.25, 0.3) is 0 Å². The number of rotatable bonds is 7. The van der Waals surface area contributed by atoms with Crippen LogP contribution in [0.4, 0.5) is 0 Å². The number of sulfonamides is 1. The van der Waals surface area contributed by atoms with Gasteiger partial charge in [-0.25, -0.2) is 18.1 Å². The monoisotopic (exact) mass is 293 g/mol. The van der Waals surface area contributed by atoms with Crippen molar-refractivity contribution in [3.05, 3.63) is 12.0 Å². The first-order valence-electron chi connectivity index (χ1n) is 6.02. The molecule has 5 nitrogen and oxygen atoms in total. The Morgan fingerprint density at radius 3 is 2.78 bits per heavy atom. The van der Waals surface area contributed by atoms with Crippen molar-refractivity contribution in [1.82, 2.24) is 14.3 Å². The van der Waals surface area contributed by atoms with E-state index >= 15 is 0 Å². The van der Waals surface area contributed by atoms with Crippen LogP contribution in [0.15, 0.2) is 11.2 Å². The van der Waals surface area contributed by atoms with E-state index in [1.54, 1.807) is 20.0 Å². The number of halogens is 1. The second kappa shape index (κ2) is 6.54. The third-order valence-electron chi connectivity index (χ3n) is 2.59. The molecule has 0 aliphatic carbocycles. The zero-order chi connectivity index (χ0) is 13.8. The molecule has 0 spiro atoms. The standard InChI is InChI=1S/C11H20ClN3O2S/c1-4-7-15-8-11(13-10(15)3)18(16,17)14-9(2)5-6-12/h8-9,14H,4-7H2,1-3H3. The number of nitrogens with zero attached hydrogens (tertiary/aromatic N) is 2. The zero-order valence-electron chi connectivity index (χ0n) is 11.0. The molecule has 0 aliphatic heterocycles. The summed E-state index contributed by atoms with van der Waals surface area (Å²) in [6, 6.07) is -0.191. The molecular weight excluding hydrogens is 274 g/mol. The van der Waals surface area contributed by atoms with Crippen LogP contribution in [0.5, 0.6) is 0 Å². The molecule has 1 aromatic heterocycles. The number of hydrogen-bond donors (Lipinski definition) is 1. The first kappa shape index (κ1) is 15.5. The fourth-order valence-corrected chi connectivity index (χ4v) is 3.24. The van der Waals surface area contributed by atoms with Crippen molar-refractivity contribution < 1.29 is 8.42 Å². The molecule has 0 aliphatic rings. The molecule has 1 rings (SSSR count). The van der Waals surface area contributed by atoms with E-state index in [4.69, 9.17) is 11.6 Å². The predicted octanol–water partition coefficient (Wildman–Crippen LogP) is 1.90. The van der Waals surface area contributed by atoms with Crippen molar-refractivity contribution in [2.75, 3.05) is 5.88 Å². The second-order valence-corrected chi connectivity index (χ2v) is 6.36. The van der Waals surface area contributed by atoms with Crippen LogP contribution in [-0.4, -0.2) is 29.9 Å². The fraction of sp³-hybridized carbons (Fsp3) is 0.727. The van der Waals surface area contributed by atoms with Crippen LogP contribution >= 0.6 is 11.6 Å². The van der Waals surface area contributed by atoms with E-state index in [-0.39, 0.29) is 11.1 Å². The molecule has 1 atom stereocenters. The summed E-state index contributed by atoms with van der Waals surface area (Å²) >= 11 is 5.59. The highest BCUT2D eigenvalue weighted by Gasteiger charge is 2.21. The normalized spacial score (nSPS) is 13.8. The average Bonchev–Trinajstić information content (AvgIpc) is 2.61. The quantitative estimate of drug-likeness (QED) is 0.781.